The van der Waals surface area contributed by atoms with Gasteiger partial charge in [0.25, 0.3) is 0 Å². The number of amides is 1. The molecule has 0 aliphatic heterocycles. The minimum atomic E-state index is 0.279. The minimum absolute atomic E-state index is 0.279. The van der Waals surface area contributed by atoms with Gasteiger partial charge in [0.1, 0.15) is 12.7 Å². The fourth-order valence-electron chi connectivity index (χ4n) is 3.58. The van der Waals surface area contributed by atoms with E-state index >= 15 is 0 Å². The number of benzene rings is 1. The van der Waals surface area contributed by atoms with Gasteiger partial charge in [-0.05, 0) is 43.2 Å². The Morgan fingerprint density at radius 1 is 1.33 bits per heavy atom. The smallest absolute Gasteiger partial charge is 0.222 e. The second-order valence-electron chi connectivity index (χ2n) is 6.51. The molecule has 24 heavy (non-hydrogen) atoms. The van der Waals surface area contributed by atoms with Gasteiger partial charge in [-0.25, -0.2) is 4.98 Å². The minimum Gasteiger partial charge on any atom is -0.339 e. The van der Waals surface area contributed by atoms with Gasteiger partial charge in [-0.15, -0.1) is 0 Å². The summed E-state index contributed by atoms with van der Waals surface area (Å²) < 4.78 is 1.79. The summed E-state index contributed by atoms with van der Waals surface area (Å²) in [6, 6.07) is 8.98. The number of nitrogens with zero attached hydrogens (tertiary/aromatic N) is 4. The molecule has 2 aromatic rings. The second-order valence-corrected chi connectivity index (χ2v) is 6.51. The molecule has 1 unspecified atom stereocenters. The maximum absolute atomic E-state index is 12.8. The van der Waals surface area contributed by atoms with E-state index in [4.69, 9.17) is 0 Å². The van der Waals surface area contributed by atoms with Crippen LogP contribution in [0.4, 0.5) is 0 Å². The van der Waals surface area contributed by atoms with Crippen molar-refractivity contribution in [1.29, 1.82) is 0 Å². The molecule has 0 N–H and O–H groups in total. The molecule has 128 valence electrons. The van der Waals surface area contributed by atoms with Crippen LogP contribution in [0.5, 0.6) is 0 Å². The Morgan fingerprint density at radius 3 is 2.92 bits per heavy atom. The van der Waals surface area contributed by atoms with E-state index in [1.54, 1.807) is 11.0 Å². The first-order chi connectivity index (χ1) is 11.8. The van der Waals surface area contributed by atoms with Crippen LogP contribution in [0.25, 0.3) is 0 Å². The molecule has 0 radical (unpaired) electrons. The van der Waals surface area contributed by atoms with Crippen LogP contribution in [0, 0.1) is 0 Å². The van der Waals surface area contributed by atoms with Crippen molar-refractivity contribution in [3.8, 4) is 0 Å². The van der Waals surface area contributed by atoms with E-state index in [1.807, 2.05) is 0 Å². The Bertz CT molecular complexity index is 653. The maximum Gasteiger partial charge on any atom is 0.222 e. The third-order valence-electron chi connectivity index (χ3n) is 4.79. The largest absolute Gasteiger partial charge is 0.339 e. The van der Waals surface area contributed by atoms with Gasteiger partial charge < -0.3 is 4.90 Å². The lowest BCUT2D eigenvalue weighted by Crippen LogP contribution is -2.43. The number of rotatable bonds is 7. The van der Waals surface area contributed by atoms with Crippen LogP contribution in [0.3, 0.4) is 0 Å². The van der Waals surface area contributed by atoms with Crippen molar-refractivity contribution in [2.45, 2.75) is 58.0 Å². The third-order valence-corrected chi connectivity index (χ3v) is 4.79. The van der Waals surface area contributed by atoms with E-state index in [2.05, 4.69) is 46.2 Å². The average molecular weight is 326 g/mol. The lowest BCUT2D eigenvalue weighted by Gasteiger charge is -2.35. The third kappa shape index (κ3) is 4.02. The molecule has 5 nitrogen and oxygen atoms in total. The SMILES string of the molecule is CCCN(C(=O)CCCn1cncn1)C1CCc2ccccc2C1. The van der Waals surface area contributed by atoms with Crippen molar-refractivity contribution < 1.29 is 4.79 Å². The van der Waals surface area contributed by atoms with Crippen molar-refractivity contribution in [3.05, 3.63) is 48.0 Å². The van der Waals surface area contributed by atoms with E-state index in [0.717, 1.165) is 45.2 Å². The Balaban J connectivity index is 1.58. The van der Waals surface area contributed by atoms with Crippen LogP contribution in [-0.2, 0) is 24.2 Å². The first-order valence-electron chi connectivity index (χ1n) is 8.96. The molecule has 1 atom stereocenters. The lowest BCUT2D eigenvalue weighted by molar-refractivity contribution is -0.134. The van der Waals surface area contributed by atoms with E-state index < -0.39 is 0 Å². The van der Waals surface area contributed by atoms with E-state index in [-0.39, 0.29) is 5.91 Å². The van der Waals surface area contributed by atoms with Crippen molar-refractivity contribution >= 4 is 5.91 Å². The van der Waals surface area contributed by atoms with Crippen molar-refractivity contribution in [2.24, 2.45) is 0 Å². The number of aryl methyl sites for hydroxylation is 2. The van der Waals surface area contributed by atoms with Crippen molar-refractivity contribution in [1.82, 2.24) is 19.7 Å². The van der Waals surface area contributed by atoms with Gasteiger partial charge in [-0.3, -0.25) is 9.48 Å². The Kier molecular flexibility index (Phi) is 5.62. The van der Waals surface area contributed by atoms with Gasteiger partial charge >= 0.3 is 0 Å². The van der Waals surface area contributed by atoms with E-state index in [1.165, 1.54) is 17.5 Å². The summed E-state index contributed by atoms with van der Waals surface area (Å²) in [7, 11) is 0. The summed E-state index contributed by atoms with van der Waals surface area (Å²) in [5.41, 5.74) is 2.86. The molecule has 1 aromatic heterocycles. The molecule has 0 bridgehead atoms. The van der Waals surface area contributed by atoms with E-state index in [9.17, 15) is 4.79 Å². The van der Waals surface area contributed by atoms with Gasteiger partial charge in [-0.2, -0.15) is 5.10 Å². The summed E-state index contributed by atoms with van der Waals surface area (Å²) in [4.78, 5) is 18.8. The van der Waals surface area contributed by atoms with Gasteiger partial charge in [0.05, 0.1) is 0 Å². The summed E-state index contributed by atoms with van der Waals surface area (Å²) in [6.07, 6.45) is 8.78. The summed E-state index contributed by atoms with van der Waals surface area (Å²) in [5.74, 6) is 0.279. The molecular weight excluding hydrogens is 300 g/mol. The molecule has 0 saturated heterocycles. The summed E-state index contributed by atoms with van der Waals surface area (Å²) >= 11 is 0. The lowest BCUT2D eigenvalue weighted by atomic mass is 9.87. The van der Waals surface area contributed by atoms with Crippen LogP contribution in [0.1, 0.15) is 43.7 Å². The number of hydrogen-bond acceptors (Lipinski definition) is 3. The van der Waals surface area contributed by atoms with Crippen LogP contribution >= 0.6 is 0 Å². The fraction of sp³-hybridized carbons (Fsp3) is 0.526. The van der Waals surface area contributed by atoms with Crippen LogP contribution in [0.15, 0.2) is 36.9 Å². The number of aromatic nitrogens is 3. The number of carbonyl (C=O) groups is 1. The highest BCUT2D eigenvalue weighted by Gasteiger charge is 2.26. The molecule has 0 saturated carbocycles. The molecule has 1 aliphatic rings. The highest BCUT2D eigenvalue weighted by atomic mass is 16.2. The topological polar surface area (TPSA) is 51.0 Å². The Hall–Kier alpha value is -2.17. The highest BCUT2D eigenvalue weighted by Crippen LogP contribution is 2.25. The summed E-state index contributed by atoms with van der Waals surface area (Å²) in [6.45, 7) is 3.75. The quantitative estimate of drug-likeness (QED) is 0.786. The molecule has 1 aromatic carbocycles. The van der Waals surface area contributed by atoms with Crippen LogP contribution in [0.2, 0.25) is 0 Å². The van der Waals surface area contributed by atoms with Gasteiger partial charge in [-0.1, -0.05) is 31.2 Å². The number of carbonyl (C=O) groups excluding carboxylic acids is 1. The molecular formula is C19H26N4O. The predicted octanol–water partition coefficient (Wildman–Crippen LogP) is 2.85. The Morgan fingerprint density at radius 2 is 2.17 bits per heavy atom. The zero-order valence-electron chi connectivity index (χ0n) is 14.4. The fourth-order valence-corrected chi connectivity index (χ4v) is 3.58. The monoisotopic (exact) mass is 326 g/mol. The molecule has 1 heterocycles. The summed E-state index contributed by atoms with van der Waals surface area (Å²) in [5, 5.41) is 4.09. The van der Waals surface area contributed by atoms with Crippen molar-refractivity contribution in [2.75, 3.05) is 6.54 Å². The normalized spacial score (nSPS) is 16.6. The van der Waals surface area contributed by atoms with Crippen molar-refractivity contribution in [3.63, 3.8) is 0 Å². The maximum atomic E-state index is 12.8. The van der Waals surface area contributed by atoms with Gasteiger partial charge in [0.2, 0.25) is 5.91 Å². The highest BCUT2D eigenvalue weighted by molar-refractivity contribution is 5.76. The van der Waals surface area contributed by atoms with Crippen LogP contribution in [-0.4, -0.2) is 38.2 Å². The van der Waals surface area contributed by atoms with Crippen LogP contribution < -0.4 is 0 Å². The number of fused-ring (bicyclic) bond motifs is 1. The first kappa shape index (κ1) is 16.7. The Labute approximate surface area is 143 Å². The molecule has 3 rings (SSSR count). The molecule has 1 aliphatic carbocycles. The molecule has 5 heteroatoms. The average Bonchev–Trinajstić information content (AvgIpc) is 3.12. The first-order valence-corrected chi connectivity index (χ1v) is 8.96. The van der Waals surface area contributed by atoms with Gasteiger partial charge in [0.15, 0.2) is 0 Å². The zero-order chi connectivity index (χ0) is 16.8. The zero-order valence-corrected chi connectivity index (χ0v) is 14.4. The molecule has 0 fully saturated rings. The van der Waals surface area contributed by atoms with Gasteiger partial charge in [0, 0.05) is 25.6 Å². The molecule has 1 amide bonds. The number of hydrogen-bond donors (Lipinski definition) is 0. The standard InChI is InChI=1S/C19H26N4O/c1-2-11-23(19(24)8-5-12-22-15-20-14-21-22)18-10-9-16-6-3-4-7-17(16)13-18/h3-4,6-7,14-15,18H,2,5,8-13H2,1H3. The second kappa shape index (κ2) is 8.08. The molecule has 0 spiro atoms. The van der Waals surface area contributed by atoms with E-state index in [0.29, 0.717) is 12.5 Å². The predicted molar refractivity (Wildman–Crippen MR) is 93.5 cm³/mol.